The minimum atomic E-state index is 0.325. The van der Waals surface area contributed by atoms with Crippen LogP contribution in [0.15, 0.2) is 29.3 Å². The summed E-state index contributed by atoms with van der Waals surface area (Å²) in [6, 6.07) is 8.20. The average molecular weight is 347 g/mol. The van der Waals surface area contributed by atoms with E-state index in [2.05, 4.69) is 27.4 Å². The SMILES string of the molecule is CCC1CCCCN1CCNC(=NC)NCCCc1ccc(O)cc1. The number of aliphatic imine (C=N–C) groups is 1. The van der Waals surface area contributed by atoms with Crippen LogP contribution in [0, 0.1) is 0 Å². The van der Waals surface area contributed by atoms with E-state index < -0.39 is 0 Å². The number of rotatable bonds is 8. The van der Waals surface area contributed by atoms with Gasteiger partial charge in [0.25, 0.3) is 0 Å². The quantitative estimate of drug-likeness (QED) is 0.385. The van der Waals surface area contributed by atoms with Crippen molar-refractivity contribution in [3.05, 3.63) is 29.8 Å². The van der Waals surface area contributed by atoms with Gasteiger partial charge in [-0.3, -0.25) is 9.89 Å². The van der Waals surface area contributed by atoms with Gasteiger partial charge in [0.05, 0.1) is 0 Å². The second kappa shape index (κ2) is 11.0. The number of likely N-dealkylation sites (tertiary alicyclic amines) is 1. The zero-order chi connectivity index (χ0) is 17.9. The highest BCUT2D eigenvalue weighted by atomic mass is 16.3. The Bertz CT molecular complexity index is 515. The Kier molecular flexibility index (Phi) is 8.60. The van der Waals surface area contributed by atoms with Gasteiger partial charge in [0.2, 0.25) is 0 Å². The first kappa shape index (κ1) is 19.6. The molecule has 0 saturated carbocycles. The monoisotopic (exact) mass is 346 g/mol. The summed E-state index contributed by atoms with van der Waals surface area (Å²) in [7, 11) is 1.82. The van der Waals surface area contributed by atoms with Gasteiger partial charge in [0.15, 0.2) is 5.96 Å². The van der Waals surface area contributed by atoms with E-state index in [0.29, 0.717) is 5.75 Å². The van der Waals surface area contributed by atoms with Crippen molar-refractivity contribution < 1.29 is 5.11 Å². The molecule has 0 bridgehead atoms. The fraction of sp³-hybridized carbons (Fsp3) is 0.650. The molecule has 1 fully saturated rings. The summed E-state index contributed by atoms with van der Waals surface area (Å²) >= 11 is 0. The standard InChI is InChI=1S/C20H34N4O/c1-3-18-8-4-5-15-24(18)16-14-23-20(21-2)22-13-6-7-17-9-11-19(25)12-10-17/h9-12,18,25H,3-8,13-16H2,1-2H3,(H2,21,22,23). The molecule has 5 nitrogen and oxygen atoms in total. The number of benzene rings is 1. The smallest absolute Gasteiger partial charge is 0.191 e. The highest BCUT2D eigenvalue weighted by molar-refractivity contribution is 5.79. The van der Waals surface area contributed by atoms with Gasteiger partial charge in [-0.1, -0.05) is 25.5 Å². The summed E-state index contributed by atoms with van der Waals surface area (Å²) in [5.74, 6) is 1.21. The molecular formula is C20H34N4O. The summed E-state index contributed by atoms with van der Waals surface area (Å²) in [6.45, 7) is 6.45. The molecule has 0 spiro atoms. The maximum atomic E-state index is 9.30. The van der Waals surface area contributed by atoms with Crippen molar-refractivity contribution >= 4 is 5.96 Å². The van der Waals surface area contributed by atoms with Crippen LogP contribution in [0.25, 0.3) is 0 Å². The predicted octanol–water partition coefficient (Wildman–Crippen LogP) is 2.75. The van der Waals surface area contributed by atoms with Crippen LogP contribution >= 0.6 is 0 Å². The van der Waals surface area contributed by atoms with Crippen LogP contribution < -0.4 is 10.6 Å². The van der Waals surface area contributed by atoms with Gasteiger partial charge in [-0.2, -0.15) is 0 Å². The van der Waals surface area contributed by atoms with E-state index >= 15 is 0 Å². The van der Waals surface area contributed by atoms with Crippen molar-refractivity contribution in [3.63, 3.8) is 0 Å². The fourth-order valence-electron chi connectivity index (χ4n) is 3.52. The Labute approximate surface area is 152 Å². The number of guanidine groups is 1. The highest BCUT2D eigenvalue weighted by Crippen LogP contribution is 2.18. The molecule has 140 valence electrons. The summed E-state index contributed by atoms with van der Waals surface area (Å²) in [5.41, 5.74) is 1.25. The average Bonchev–Trinajstić information content (AvgIpc) is 2.65. The van der Waals surface area contributed by atoms with Crippen LogP contribution in [0.3, 0.4) is 0 Å². The third kappa shape index (κ3) is 6.94. The predicted molar refractivity (Wildman–Crippen MR) is 105 cm³/mol. The van der Waals surface area contributed by atoms with Gasteiger partial charge in [0.1, 0.15) is 5.75 Å². The lowest BCUT2D eigenvalue weighted by Gasteiger charge is -2.35. The van der Waals surface area contributed by atoms with Crippen molar-refractivity contribution in [2.75, 3.05) is 33.2 Å². The van der Waals surface area contributed by atoms with Gasteiger partial charge < -0.3 is 15.7 Å². The second-order valence-electron chi connectivity index (χ2n) is 6.79. The molecule has 0 aliphatic carbocycles. The Hall–Kier alpha value is -1.75. The Morgan fingerprint density at radius 3 is 2.68 bits per heavy atom. The van der Waals surface area contributed by atoms with Gasteiger partial charge in [-0.05, 0) is 56.3 Å². The lowest BCUT2D eigenvalue weighted by molar-refractivity contribution is 0.147. The van der Waals surface area contributed by atoms with Crippen LogP contribution in [0.5, 0.6) is 5.75 Å². The third-order valence-corrected chi connectivity index (χ3v) is 5.01. The van der Waals surface area contributed by atoms with Crippen molar-refractivity contribution in [3.8, 4) is 5.75 Å². The Morgan fingerprint density at radius 1 is 1.20 bits per heavy atom. The van der Waals surface area contributed by atoms with Gasteiger partial charge in [0, 0.05) is 32.7 Å². The maximum absolute atomic E-state index is 9.30. The number of aryl methyl sites for hydroxylation is 1. The molecule has 0 radical (unpaired) electrons. The molecule has 1 aromatic carbocycles. The Morgan fingerprint density at radius 2 is 1.96 bits per heavy atom. The molecule has 1 heterocycles. The molecule has 1 aromatic rings. The van der Waals surface area contributed by atoms with Gasteiger partial charge in [-0.15, -0.1) is 0 Å². The molecule has 2 rings (SSSR count). The topological polar surface area (TPSA) is 59.9 Å². The van der Waals surface area contributed by atoms with Crippen molar-refractivity contribution in [2.45, 2.75) is 51.5 Å². The van der Waals surface area contributed by atoms with Gasteiger partial charge >= 0.3 is 0 Å². The van der Waals surface area contributed by atoms with E-state index in [-0.39, 0.29) is 0 Å². The van der Waals surface area contributed by atoms with Crippen molar-refractivity contribution in [1.82, 2.24) is 15.5 Å². The zero-order valence-corrected chi connectivity index (χ0v) is 15.8. The minimum absolute atomic E-state index is 0.325. The molecular weight excluding hydrogens is 312 g/mol. The number of hydrogen-bond acceptors (Lipinski definition) is 3. The van der Waals surface area contributed by atoms with E-state index in [1.165, 1.54) is 37.8 Å². The van der Waals surface area contributed by atoms with Crippen LogP contribution in [-0.4, -0.2) is 55.2 Å². The van der Waals surface area contributed by atoms with Crippen molar-refractivity contribution in [1.29, 1.82) is 0 Å². The molecule has 1 aliphatic rings. The Balaban J connectivity index is 1.61. The summed E-state index contributed by atoms with van der Waals surface area (Å²) in [4.78, 5) is 6.93. The maximum Gasteiger partial charge on any atom is 0.191 e. The lowest BCUT2D eigenvalue weighted by Crippen LogP contribution is -2.46. The summed E-state index contributed by atoms with van der Waals surface area (Å²) in [5, 5.41) is 16.1. The first-order valence-corrected chi connectivity index (χ1v) is 9.69. The molecule has 0 amide bonds. The third-order valence-electron chi connectivity index (χ3n) is 5.01. The fourth-order valence-corrected chi connectivity index (χ4v) is 3.52. The first-order valence-electron chi connectivity index (χ1n) is 9.69. The largest absolute Gasteiger partial charge is 0.508 e. The molecule has 1 saturated heterocycles. The minimum Gasteiger partial charge on any atom is -0.508 e. The van der Waals surface area contributed by atoms with E-state index in [1.807, 2.05) is 19.2 Å². The number of nitrogens with zero attached hydrogens (tertiary/aromatic N) is 2. The number of nitrogens with one attached hydrogen (secondary N) is 2. The van der Waals surface area contributed by atoms with E-state index in [9.17, 15) is 5.11 Å². The van der Waals surface area contributed by atoms with E-state index in [4.69, 9.17) is 0 Å². The lowest BCUT2D eigenvalue weighted by atomic mass is 10.0. The van der Waals surface area contributed by atoms with E-state index in [0.717, 1.165) is 44.5 Å². The number of piperidine rings is 1. The second-order valence-corrected chi connectivity index (χ2v) is 6.79. The number of hydrogen-bond donors (Lipinski definition) is 3. The number of phenols is 1. The van der Waals surface area contributed by atoms with E-state index in [1.54, 1.807) is 12.1 Å². The highest BCUT2D eigenvalue weighted by Gasteiger charge is 2.19. The molecule has 1 aliphatic heterocycles. The zero-order valence-electron chi connectivity index (χ0n) is 15.8. The van der Waals surface area contributed by atoms with Crippen LogP contribution in [0.4, 0.5) is 0 Å². The van der Waals surface area contributed by atoms with Crippen LogP contribution in [0.2, 0.25) is 0 Å². The van der Waals surface area contributed by atoms with Crippen molar-refractivity contribution in [2.24, 2.45) is 4.99 Å². The molecule has 3 N–H and O–H groups in total. The number of aromatic hydroxyl groups is 1. The molecule has 1 atom stereocenters. The molecule has 5 heteroatoms. The molecule has 1 unspecified atom stereocenters. The van der Waals surface area contributed by atoms with Crippen LogP contribution in [0.1, 0.15) is 44.6 Å². The first-order chi connectivity index (χ1) is 12.2. The summed E-state index contributed by atoms with van der Waals surface area (Å²) < 4.78 is 0. The van der Waals surface area contributed by atoms with Gasteiger partial charge in [-0.25, -0.2) is 0 Å². The molecule has 0 aromatic heterocycles. The number of phenolic OH excluding ortho intramolecular Hbond substituents is 1. The molecule has 25 heavy (non-hydrogen) atoms. The summed E-state index contributed by atoms with van der Waals surface area (Å²) in [6.07, 6.45) is 7.35. The normalized spacial score (nSPS) is 19.0. The van der Waals surface area contributed by atoms with Crippen LogP contribution in [-0.2, 0) is 6.42 Å².